The average molecular weight is 397 g/mol. The lowest BCUT2D eigenvalue weighted by Gasteiger charge is -2.23. The van der Waals surface area contributed by atoms with E-state index in [1.54, 1.807) is 0 Å². The van der Waals surface area contributed by atoms with E-state index in [2.05, 4.69) is 95.9 Å². The Morgan fingerprint density at radius 1 is 0.900 bits per heavy atom. The van der Waals surface area contributed by atoms with Crippen LogP contribution in [0.1, 0.15) is 24.0 Å². The van der Waals surface area contributed by atoms with Crippen LogP contribution in [0.25, 0.3) is 27.6 Å². The Labute approximate surface area is 178 Å². The van der Waals surface area contributed by atoms with Gasteiger partial charge >= 0.3 is 0 Å². The van der Waals surface area contributed by atoms with Crippen LogP contribution in [0.4, 0.5) is 0 Å². The third-order valence-corrected chi connectivity index (χ3v) is 6.19. The third kappa shape index (κ3) is 3.91. The zero-order valence-electron chi connectivity index (χ0n) is 17.5. The van der Waals surface area contributed by atoms with E-state index in [1.165, 1.54) is 38.7 Å². The van der Waals surface area contributed by atoms with Gasteiger partial charge in [0.2, 0.25) is 0 Å². The molecule has 0 bridgehead atoms. The summed E-state index contributed by atoms with van der Waals surface area (Å²) in [6, 6.07) is 24.5. The number of rotatable bonds is 5. The van der Waals surface area contributed by atoms with E-state index in [-0.39, 0.29) is 0 Å². The van der Waals surface area contributed by atoms with Crippen molar-refractivity contribution in [3.63, 3.8) is 0 Å². The highest BCUT2D eigenvalue weighted by Gasteiger charge is 2.13. The van der Waals surface area contributed by atoms with E-state index in [0.717, 1.165) is 32.6 Å². The summed E-state index contributed by atoms with van der Waals surface area (Å²) in [5.74, 6) is 0. The van der Waals surface area contributed by atoms with Crippen molar-refractivity contribution in [2.24, 2.45) is 0 Å². The van der Waals surface area contributed by atoms with Crippen molar-refractivity contribution in [1.82, 2.24) is 9.88 Å². The molecule has 30 heavy (non-hydrogen) atoms. The number of aromatic nitrogens is 1. The SMILES string of the molecule is Cc1c(-c2ccccc2)cccc1-n1cc2ccc(CNC3CCOCC3)cc2c1. The summed E-state index contributed by atoms with van der Waals surface area (Å²) in [5, 5.41) is 6.24. The van der Waals surface area contributed by atoms with Crippen molar-refractivity contribution in [3.8, 4) is 16.8 Å². The summed E-state index contributed by atoms with van der Waals surface area (Å²) in [7, 11) is 0. The Morgan fingerprint density at radius 2 is 1.70 bits per heavy atom. The quantitative estimate of drug-likeness (QED) is 0.456. The maximum Gasteiger partial charge on any atom is 0.0485 e. The van der Waals surface area contributed by atoms with E-state index in [9.17, 15) is 0 Å². The second-order valence-electron chi connectivity index (χ2n) is 8.21. The molecule has 0 saturated carbocycles. The van der Waals surface area contributed by atoms with Crippen LogP contribution >= 0.6 is 0 Å². The van der Waals surface area contributed by atoms with Crippen LogP contribution in [0, 0.1) is 6.92 Å². The van der Waals surface area contributed by atoms with Gasteiger partial charge < -0.3 is 14.6 Å². The topological polar surface area (TPSA) is 26.2 Å². The fourth-order valence-electron chi connectivity index (χ4n) is 4.44. The predicted octanol–water partition coefficient (Wildman–Crippen LogP) is 5.87. The largest absolute Gasteiger partial charge is 0.381 e. The lowest BCUT2D eigenvalue weighted by molar-refractivity contribution is 0.0776. The Bertz CT molecular complexity index is 1140. The normalized spacial score (nSPS) is 15.0. The number of nitrogens with one attached hydrogen (secondary N) is 1. The van der Waals surface area contributed by atoms with Crippen LogP contribution in [0.3, 0.4) is 0 Å². The number of nitrogens with zero attached hydrogens (tertiary/aromatic N) is 1. The highest BCUT2D eigenvalue weighted by Crippen LogP contribution is 2.29. The minimum atomic E-state index is 0.572. The van der Waals surface area contributed by atoms with Crippen molar-refractivity contribution in [2.75, 3.05) is 13.2 Å². The van der Waals surface area contributed by atoms with Crippen LogP contribution in [0.15, 0.2) is 79.1 Å². The molecular weight excluding hydrogens is 368 g/mol. The van der Waals surface area contributed by atoms with Crippen molar-refractivity contribution < 1.29 is 4.74 Å². The van der Waals surface area contributed by atoms with Crippen LogP contribution < -0.4 is 5.32 Å². The number of hydrogen-bond acceptors (Lipinski definition) is 2. The summed E-state index contributed by atoms with van der Waals surface area (Å²) in [4.78, 5) is 0. The van der Waals surface area contributed by atoms with Crippen LogP contribution in [-0.2, 0) is 11.3 Å². The minimum Gasteiger partial charge on any atom is -0.381 e. The van der Waals surface area contributed by atoms with Gasteiger partial charge in [0.25, 0.3) is 0 Å². The van der Waals surface area contributed by atoms with E-state index < -0.39 is 0 Å². The van der Waals surface area contributed by atoms with Gasteiger partial charge in [0, 0.05) is 49.3 Å². The number of ether oxygens (including phenoxy) is 1. The molecule has 1 saturated heterocycles. The first kappa shape index (κ1) is 19.1. The van der Waals surface area contributed by atoms with Crippen LogP contribution in [0.2, 0.25) is 0 Å². The second kappa shape index (κ2) is 8.47. The molecule has 3 heteroatoms. The van der Waals surface area contributed by atoms with Gasteiger partial charge in [-0.05, 0) is 59.5 Å². The number of hydrogen-bond donors (Lipinski definition) is 1. The lowest BCUT2D eigenvalue weighted by Crippen LogP contribution is -2.34. The van der Waals surface area contributed by atoms with Crippen molar-refractivity contribution in [1.29, 1.82) is 0 Å². The fourth-order valence-corrected chi connectivity index (χ4v) is 4.44. The van der Waals surface area contributed by atoms with Gasteiger partial charge in [0.1, 0.15) is 0 Å². The third-order valence-electron chi connectivity index (χ3n) is 6.19. The summed E-state index contributed by atoms with van der Waals surface area (Å²) >= 11 is 0. The van der Waals surface area contributed by atoms with Gasteiger partial charge in [0.05, 0.1) is 0 Å². The van der Waals surface area contributed by atoms with E-state index in [0.29, 0.717) is 6.04 Å². The maximum atomic E-state index is 5.46. The number of fused-ring (bicyclic) bond motifs is 1. The van der Waals surface area contributed by atoms with E-state index >= 15 is 0 Å². The molecule has 2 heterocycles. The van der Waals surface area contributed by atoms with E-state index in [1.807, 2.05) is 0 Å². The molecule has 152 valence electrons. The standard InChI is InChI=1S/C27H28N2O/c1-20-26(22-6-3-2-4-7-22)8-5-9-27(20)29-18-23-11-10-21(16-24(23)19-29)17-28-25-12-14-30-15-13-25/h2-11,16,18-19,25,28H,12-15,17H2,1H3. The highest BCUT2D eigenvalue weighted by molar-refractivity contribution is 5.84. The summed E-state index contributed by atoms with van der Waals surface area (Å²) < 4.78 is 7.72. The molecule has 1 N–H and O–H groups in total. The van der Waals surface area contributed by atoms with E-state index in [4.69, 9.17) is 4.74 Å². The molecular formula is C27H28N2O. The average Bonchev–Trinajstić information content (AvgIpc) is 3.22. The Balaban J connectivity index is 1.41. The predicted molar refractivity (Wildman–Crippen MR) is 124 cm³/mol. The van der Waals surface area contributed by atoms with Gasteiger partial charge in [0.15, 0.2) is 0 Å². The van der Waals surface area contributed by atoms with Gasteiger partial charge in [-0.1, -0.05) is 54.6 Å². The molecule has 5 rings (SSSR count). The smallest absolute Gasteiger partial charge is 0.0485 e. The van der Waals surface area contributed by atoms with Gasteiger partial charge in [-0.2, -0.15) is 0 Å². The highest BCUT2D eigenvalue weighted by atomic mass is 16.5. The monoisotopic (exact) mass is 396 g/mol. The van der Waals surface area contributed by atoms with Crippen LogP contribution in [-0.4, -0.2) is 23.8 Å². The molecule has 4 aromatic rings. The van der Waals surface area contributed by atoms with Gasteiger partial charge in [-0.3, -0.25) is 0 Å². The Kier molecular flexibility index (Phi) is 5.39. The van der Waals surface area contributed by atoms with Crippen molar-refractivity contribution >= 4 is 10.8 Å². The first-order valence-electron chi connectivity index (χ1n) is 10.8. The molecule has 0 spiro atoms. The summed E-state index contributed by atoms with van der Waals surface area (Å²) in [6.45, 7) is 4.88. The maximum absolute atomic E-state index is 5.46. The minimum absolute atomic E-state index is 0.572. The molecule has 0 amide bonds. The van der Waals surface area contributed by atoms with Crippen molar-refractivity contribution in [3.05, 3.63) is 90.3 Å². The van der Waals surface area contributed by atoms with Gasteiger partial charge in [-0.15, -0.1) is 0 Å². The molecule has 0 radical (unpaired) electrons. The zero-order valence-corrected chi connectivity index (χ0v) is 17.5. The van der Waals surface area contributed by atoms with Crippen LogP contribution in [0.5, 0.6) is 0 Å². The first-order chi connectivity index (χ1) is 14.8. The fraction of sp³-hybridized carbons (Fsp3) is 0.259. The molecule has 1 aliphatic heterocycles. The molecule has 0 unspecified atom stereocenters. The molecule has 3 nitrogen and oxygen atoms in total. The Hall–Kier alpha value is -2.88. The molecule has 1 fully saturated rings. The lowest BCUT2D eigenvalue weighted by atomic mass is 9.99. The molecule has 0 atom stereocenters. The zero-order chi connectivity index (χ0) is 20.3. The first-order valence-corrected chi connectivity index (χ1v) is 10.8. The molecule has 1 aliphatic rings. The second-order valence-corrected chi connectivity index (χ2v) is 8.21. The molecule has 1 aromatic heterocycles. The Morgan fingerprint density at radius 3 is 2.53 bits per heavy atom. The van der Waals surface area contributed by atoms with Crippen molar-refractivity contribution in [2.45, 2.75) is 32.4 Å². The molecule has 3 aromatic carbocycles. The summed E-state index contributed by atoms with van der Waals surface area (Å²) in [6.07, 6.45) is 6.71. The summed E-state index contributed by atoms with van der Waals surface area (Å²) in [5.41, 5.74) is 6.41. The number of benzene rings is 3. The molecule has 0 aliphatic carbocycles. The van der Waals surface area contributed by atoms with Gasteiger partial charge in [-0.25, -0.2) is 0 Å².